The van der Waals surface area contributed by atoms with Gasteiger partial charge in [0.25, 0.3) is 0 Å². The van der Waals surface area contributed by atoms with Crippen molar-refractivity contribution in [2.75, 3.05) is 13.1 Å². The van der Waals surface area contributed by atoms with Crippen LogP contribution < -0.4 is 11.0 Å². The van der Waals surface area contributed by atoms with E-state index in [2.05, 4.69) is 11.0 Å². The summed E-state index contributed by atoms with van der Waals surface area (Å²) in [5.41, 5.74) is 4.38. The highest BCUT2D eigenvalue weighted by Crippen LogP contribution is 2.29. The number of hydrogen-bond acceptors (Lipinski definition) is 4. The maximum absolute atomic E-state index is 8.43. The summed E-state index contributed by atoms with van der Waals surface area (Å²) in [6, 6.07) is 0. The van der Waals surface area contributed by atoms with E-state index in [-0.39, 0.29) is 7.43 Å². The van der Waals surface area contributed by atoms with Gasteiger partial charge in [-0.2, -0.15) is 0 Å². The molecule has 0 saturated heterocycles. The summed E-state index contributed by atoms with van der Waals surface area (Å²) in [6.45, 7) is 1.36. The van der Waals surface area contributed by atoms with E-state index in [1.54, 1.807) is 0 Å². The highest BCUT2D eigenvalue weighted by molar-refractivity contribution is 4.76. The lowest BCUT2D eigenvalue weighted by atomic mass is 10.1. The van der Waals surface area contributed by atoms with Gasteiger partial charge in [-0.05, 0) is 31.1 Å². The third-order valence-corrected chi connectivity index (χ3v) is 2.41. The highest BCUT2D eigenvalue weighted by atomic mass is 16.5. The van der Waals surface area contributed by atoms with Crippen LogP contribution in [0.25, 0.3) is 0 Å². The average Bonchev–Trinajstić information content (AvgIpc) is 2.38. The third kappa shape index (κ3) is 3.49. The molecule has 1 aliphatic rings. The Morgan fingerprint density at radius 2 is 1.42 bits per heavy atom. The Hall–Kier alpha value is -0.160. The lowest BCUT2D eigenvalue weighted by Crippen LogP contribution is -2.20. The van der Waals surface area contributed by atoms with Gasteiger partial charge in [0.15, 0.2) is 0 Å². The molecule has 2 unspecified atom stereocenters. The normalized spacial score (nSPS) is 28.5. The van der Waals surface area contributed by atoms with Crippen LogP contribution >= 0.6 is 0 Å². The van der Waals surface area contributed by atoms with E-state index in [0.29, 0.717) is 24.9 Å². The Morgan fingerprint density at radius 3 is 1.75 bits per heavy atom. The van der Waals surface area contributed by atoms with Crippen molar-refractivity contribution < 1.29 is 10.4 Å². The molecule has 0 radical (unpaired) electrons. The van der Waals surface area contributed by atoms with E-state index in [0.717, 1.165) is 19.3 Å². The number of rotatable bonds is 4. The van der Waals surface area contributed by atoms with Crippen molar-refractivity contribution in [3.05, 3.63) is 0 Å². The van der Waals surface area contributed by atoms with Crippen LogP contribution in [0.2, 0.25) is 0 Å². The molecule has 0 bridgehead atoms. The molecule has 4 N–H and O–H groups in total. The van der Waals surface area contributed by atoms with E-state index in [1.807, 2.05) is 0 Å². The SMILES string of the molecule is C.ONCC1CCC(CNO)C1. The molecule has 1 fully saturated rings. The maximum atomic E-state index is 8.43. The Kier molecular flexibility index (Phi) is 6.28. The minimum Gasteiger partial charge on any atom is -0.317 e. The van der Waals surface area contributed by atoms with Crippen LogP contribution in [0.15, 0.2) is 0 Å². The van der Waals surface area contributed by atoms with Crippen LogP contribution in [0, 0.1) is 11.8 Å². The zero-order chi connectivity index (χ0) is 8.10. The van der Waals surface area contributed by atoms with Crippen molar-refractivity contribution in [1.82, 2.24) is 11.0 Å². The van der Waals surface area contributed by atoms with E-state index >= 15 is 0 Å². The second-order valence-corrected chi connectivity index (χ2v) is 3.27. The molecule has 2 atom stereocenters. The second-order valence-electron chi connectivity index (χ2n) is 3.27. The molecule has 4 nitrogen and oxygen atoms in total. The van der Waals surface area contributed by atoms with Gasteiger partial charge in [0, 0.05) is 13.1 Å². The van der Waals surface area contributed by atoms with E-state index < -0.39 is 0 Å². The fourth-order valence-corrected chi connectivity index (χ4v) is 1.81. The third-order valence-electron chi connectivity index (χ3n) is 2.41. The van der Waals surface area contributed by atoms with E-state index in [4.69, 9.17) is 10.4 Å². The lowest BCUT2D eigenvalue weighted by Gasteiger charge is -2.08. The van der Waals surface area contributed by atoms with Crippen molar-refractivity contribution in [1.29, 1.82) is 0 Å². The first-order valence-corrected chi connectivity index (χ1v) is 4.10. The summed E-state index contributed by atoms with van der Waals surface area (Å²) in [5.74, 6) is 1.16. The molecule has 1 aliphatic carbocycles. The second kappa shape index (κ2) is 6.37. The summed E-state index contributed by atoms with van der Waals surface area (Å²) < 4.78 is 0. The first-order chi connectivity index (χ1) is 5.36. The molecule has 0 heterocycles. The van der Waals surface area contributed by atoms with Gasteiger partial charge in [-0.1, -0.05) is 7.43 Å². The van der Waals surface area contributed by atoms with Crippen molar-refractivity contribution >= 4 is 0 Å². The Bertz CT molecular complexity index is 99.2. The van der Waals surface area contributed by atoms with Gasteiger partial charge < -0.3 is 10.4 Å². The highest BCUT2D eigenvalue weighted by Gasteiger charge is 2.23. The van der Waals surface area contributed by atoms with Crippen LogP contribution in [-0.2, 0) is 0 Å². The lowest BCUT2D eigenvalue weighted by molar-refractivity contribution is 0.140. The minimum atomic E-state index is 0. The molecule has 0 aromatic carbocycles. The first-order valence-electron chi connectivity index (χ1n) is 4.10. The molecule has 0 aromatic rings. The molecule has 1 rings (SSSR count). The van der Waals surface area contributed by atoms with Gasteiger partial charge in [0.1, 0.15) is 0 Å². The van der Waals surface area contributed by atoms with Crippen LogP contribution in [-0.4, -0.2) is 23.5 Å². The summed E-state index contributed by atoms with van der Waals surface area (Å²) in [7, 11) is 0. The topological polar surface area (TPSA) is 64.5 Å². The smallest absolute Gasteiger partial charge is 0.0235 e. The van der Waals surface area contributed by atoms with Crippen LogP contribution in [0.1, 0.15) is 26.7 Å². The first kappa shape index (κ1) is 11.8. The van der Waals surface area contributed by atoms with Gasteiger partial charge in [-0.3, -0.25) is 0 Å². The molecule has 74 valence electrons. The fourth-order valence-electron chi connectivity index (χ4n) is 1.81. The zero-order valence-corrected chi connectivity index (χ0v) is 6.58. The van der Waals surface area contributed by atoms with Crippen molar-refractivity contribution in [2.24, 2.45) is 11.8 Å². The molecule has 0 amide bonds. The predicted octanol–water partition coefficient (Wildman–Crippen LogP) is 0.996. The average molecular weight is 176 g/mol. The summed E-state index contributed by atoms with van der Waals surface area (Å²) >= 11 is 0. The van der Waals surface area contributed by atoms with Crippen LogP contribution in [0.5, 0.6) is 0 Å². The molecular formula is C8H20N2O2. The number of hydrogen-bond donors (Lipinski definition) is 4. The molecule has 12 heavy (non-hydrogen) atoms. The zero-order valence-electron chi connectivity index (χ0n) is 6.58. The Balaban J connectivity index is 0.00000121. The Morgan fingerprint density at radius 1 is 1.00 bits per heavy atom. The number of nitrogens with one attached hydrogen (secondary N) is 2. The maximum Gasteiger partial charge on any atom is 0.0235 e. The fraction of sp³-hybridized carbons (Fsp3) is 1.00. The standard InChI is InChI=1S/C7H16N2O2.CH4/c10-8-4-6-1-2-7(3-6)5-9-11;/h6-11H,1-5H2;1H4. The number of hydroxylamine groups is 2. The van der Waals surface area contributed by atoms with Gasteiger partial charge in [0.2, 0.25) is 0 Å². The molecule has 0 aliphatic heterocycles. The van der Waals surface area contributed by atoms with Gasteiger partial charge in [0.05, 0.1) is 0 Å². The molecule has 1 saturated carbocycles. The summed E-state index contributed by atoms with van der Waals surface area (Å²) in [5, 5.41) is 16.9. The van der Waals surface area contributed by atoms with Crippen molar-refractivity contribution in [3.8, 4) is 0 Å². The van der Waals surface area contributed by atoms with Crippen molar-refractivity contribution in [2.45, 2.75) is 26.7 Å². The summed E-state index contributed by atoms with van der Waals surface area (Å²) in [6.07, 6.45) is 3.40. The van der Waals surface area contributed by atoms with Crippen LogP contribution in [0.4, 0.5) is 0 Å². The monoisotopic (exact) mass is 176 g/mol. The van der Waals surface area contributed by atoms with Crippen molar-refractivity contribution in [3.63, 3.8) is 0 Å². The van der Waals surface area contributed by atoms with Crippen LogP contribution in [0.3, 0.4) is 0 Å². The van der Waals surface area contributed by atoms with Gasteiger partial charge in [-0.25, -0.2) is 11.0 Å². The van der Waals surface area contributed by atoms with Gasteiger partial charge in [-0.15, -0.1) is 0 Å². The molecule has 4 heteroatoms. The van der Waals surface area contributed by atoms with E-state index in [1.165, 1.54) is 0 Å². The quantitative estimate of drug-likeness (QED) is 0.482. The molecular weight excluding hydrogens is 156 g/mol. The molecule has 0 aromatic heterocycles. The van der Waals surface area contributed by atoms with Gasteiger partial charge >= 0.3 is 0 Å². The predicted molar refractivity (Wildman–Crippen MR) is 47.1 cm³/mol. The molecule has 0 spiro atoms. The largest absolute Gasteiger partial charge is 0.317 e. The minimum absolute atomic E-state index is 0. The Labute approximate surface area is 73.9 Å². The summed E-state index contributed by atoms with van der Waals surface area (Å²) in [4.78, 5) is 0. The van der Waals surface area contributed by atoms with E-state index in [9.17, 15) is 0 Å².